The van der Waals surface area contributed by atoms with Gasteiger partial charge in [-0.25, -0.2) is 0 Å². The van der Waals surface area contributed by atoms with Crippen LogP contribution < -0.4 is 5.32 Å². The molecule has 0 atom stereocenters. The van der Waals surface area contributed by atoms with Crippen molar-refractivity contribution in [2.24, 2.45) is 0 Å². The Hall–Kier alpha value is -1.64. The highest BCUT2D eigenvalue weighted by Crippen LogP contribution is 2.43. The summed E-state index contributed by atoms with van der Waals surface area (Å²) < 4.78 is 5.33. The van der Waals surface area contributed by atoms with Crippen molar-refractivity contribution >= 4 is 0 Å². The van der Waals surface area contributed by atoms with Crippen LogP contribution in [0.15, 0.2) is 48.5 Å². The maximum absolute atomic E-state index is 5.33. The van der Waals surface area contributed by atoms with Gasteiger partial charge in [-0.05, 0) is 36.1 Å². The predicted octanol–water partition coefficient (Wildman–Crippen LogP) is 3.77. The van der Waals surface area contributed by atoms with Gasteiger partial charge in [0.15, 0.2) is 0 Å². The Bertz CT molecular complexity index is 573. The van der Waals surface area contributed by atoms with Crippen LogP contribution in [0.4, 0.5) is 0 Å². The van der Waals surface area contributed by atoms with Gasteiger partial charge in [-0.3, -0.25) is 5.32 Å². The fraction of sp³-hybridized carbons (Fsp3) is 0.333. The minimum Gasteiger partial charge on any atom is -0.383 e. The summed E-state index contributed by atoms with van der Waals surface area (Å²) in [5.41, 5.74) is 5.34. The highest BCUT2D eigenvalue weighted by atomic mass is 16.5. The topological polar surface area (TPSA) is 21.3 Å². The Morgan fingerprint density at radius 2 is 1.45 bits per heavy atom. The fourth-order valence-corrected chi connectivity index (χ4v) is 3.10. The van der Waals surface area contributed by atoms with Crippen LogP contribution in [0.25, 0.3) is 11.1 Å². The molecule has 0 amide bonds. The summed E-state index contributed by atoms with van der Waals surface area (Å²) in [6.45, 7) is 5.05. The van der Waals surface area contributed by atoms with E-state index in [1.165, 1.54) is 22.3 Å². The van der Waals surface area contributed by atoms with Crippen LogP contribution in [-0.4, -0.2) is 19.3 Å². The van der Waals surface area contributed by atoms with Gasteiger partial charge in [-0.2, -0.15) is 0 Å². The summed E-state index contributed by atoms with van der Waals surface area (Å²) in [5, 5.41) is 3.74. The summed E-state index contributed by atoms with van der Waals surface area (Å²) in [6.07, 6.45) is 0. The number of ether oxygens (including phenoxy) is 1. The Morgan fingerprint density at radius 1 is 0.950 bits per heavy atom. The molecular weight excluding hydrogens is 246 g/mol. The van der Waals surface area contributed by atoms with Crippen molar-refractivity contribution in [1.82, 2.24) is 5.32 Å². The summed E-state index contributed by atoms with van der Waals surface area (Å²) in [4.78, 5) is 0. The highest BCUT2D eigenvalue weighted by molar-refractivity contribution is 5.78. The van der Waals surface area contributed by atoms with E-state index < -0.39 is 0 Å². The third-order valence-corrected chi connectivity index (χ3v) is 3.87. The largest absolute Gasteiger partial charge is 0.383 e. The van der Waals surface area contributed by atoms with Gasteiger partial charge in [0.2, 0.25) is 0 Å². The minimum atomic E-state index is -0.0655. The van der Waals surface area contributed by atoms with Gasteiger partial charge < -0.3 is 4.74 Å². The molecule has 104 valence electrons. The Kier molecular flexibility index (Phi) is 3.36. The molecule has 20 heavy (non-hydrogen) atoms. The smallest absolute Gasteiger partial charge is 0.0639 e. The first-order valence-corrected chi connectivity index (χ1v) is 7.07. The number of fused-ring (bicyclic) bond motifs is 3. The van der Waals surface area contributed by atoms with Crippen molar-refractivity contribution in [2.45, 2.75) is 25.4 Å². The third-order valence-electron chi connectivity index (χ3n) is 3.87. The van der Waals surface area contributed by atoms with Gasteiger partial charge in [0.05, 0.1) is 12.6 Å². The maximum atomic E-state index is 5.33. The number of nitrogens with one attached hydrogen (secondary N) is 1. The van der Waals surface area contributed by atoms with E-state index in [1.807, 2.05) is 0 Å². The van der Waals surface area contributed by atoms with E-state index in [1.54, 1.807) is 7.11 Å². The van der Waals surface area contributed by atoms with Crippen molar-refractivity contribution in [3.05, 3.63) is 59.7 Å². The molecule has 0 heterocycles. The van der Waals surface area contributed by atoms with Gasteiger partial charge in [0.1, 0.15) is 0 Å². The molecule has 2 aromatic carbocycles. The van der Waals surface area contributed by atoms with Crippen LogP contribution in [0.5, 0.6) is 0 Å². The molecule has 2 aromatic rings. The molecule has 0 aromatic heterocycles. The molecule has 1 aliphatic carbocycles. The van der Waals surface area contributed by atoms with Gasteiger partial charge in [-0.15, -0.1) is 0 Å². The summed E-state index contributed by atoms with van der Waals surface area (Å²) >= 11 is 0. The average Bonchev–Trinajstić information content (AvgIpc) is 2.74. The zero-order chi connectivity index (χ0) is 14.2. The van der Waals surface area contributed by atoms with Gasteiger partial charge >= 0.3 is 0 Å². The van der Waals surface area contributed by atoms with Crippen molar-refractivity contribution < 1.29 is 4.74 Å². The van der Waals surface area contributed by atoms with Crippen LogP contribution >= 0.6 is 0 Å². The van der Waals surface area contributed by atoms with Crippen molar-refractivity contribution in [3.63, 3.8) is 0 Å². The molecule has 0 spiro atoms. The lowest BCUT2D eigenvalue weighted by Crippen LogP contribution is -2.45. The lowest BCUT2D eigenvalue weighted by atomic mass is 9.99. The summed E-state index contributed by atoms with van der Waals surface area (Å²) in [6, 6.07) is 17.5. The minimum absolute atomic E-state index is 0.0655. The molecule has 0 aliphatic heterocycles. The third kappa shape index (κ3) is 2.26. The number of hydrogen-bond donors (Lipinski definition) is 1. The second-order valence-electron chi connectivity index (χ2n) is 6.07. The monoisotopic (exact) mass is 267 g/mol. The maximum Gasteiger partial charge on any atom is 0.0639 e. The molecule has 0 radical (unpaired) electrons. The van der Waals surface area contributed by atoms with E-state index in [4.69, 9.17) is 4.74 Å². The van der Waals surface area contributed by atoms with E-state index in [9.17, 15) is 0 Å². The molecule has 0 saturated carbocycles. The molecule has 0 fully saturated rings. The van der Waals surface area contributed by atoms with Crippen LogP contribution in [0.1, 0.15) is 31.0 Å². The van der Waals surface area contributed by atoms with E-state index in [2.05, 4.69) is 67.7 Å². The molecule has 0 bridgehead atoms. The second kappa shape index (κ2) is 5.04. The quantitative estimate of drug-likeness (QED) is 0.910. The Labute approximate surface area is 120 Å². The van der Waals surface area contributed by atoms with Gasteiger partial charge in [0.25, 0.3) is 0 Å². The predicted molar refractivity (Wildman–Crippen MR) is 82.8 cm³/mol. The lowest BCUT2D eigenvalue weighted by molar-refractivity contribution is 0.124. The van der Waals surface area contributed by atoms with E-state index in [-0.39, 0.29) is 11.6 Å². The number of hydrogen-bond acceptors (Lipinski definition) is 2. The first-order valence-electron chi connectivity index (χ1n) is 7.07. The average molecular weight is 267 g/mol. The first-order chi connectivity index (χ1) is 9.62. The molecule has 2 heteroatoms. The number of methoxy groups -OCH3 is 1. The molecule has 1 N–H and O–H groups in total. The van der Waals surface area contributed by atoms with Crippen molar-refractivity contribution in [2.75, 3.05) is 13.7 Å². The molecule has 1 aliphatic rings. The zero-order valence-corrected chi connectivity index (χ0v) is 12.3. The van der Waals surface area contributed by atoms with Crippen LogP contribution in [0.3, 0.4) is 0 Å². The van der Waals surface area contributed by atoms with Crippen molar-refractivity contribution in [1.29, 1.82) is 0 Å². The summed E-state index contributed by atoms with van der Waals surface area (Å²) in [7, 11) is 1.75. The Balaban J connectivity index is 2.03. The zero-order valence-electron chi connectivity index (χ0n) is 12.3. The standard InChI is InChI=1S/C18H21NO/c1-18(2,12-20-3)19-17-15-10-6-4-8-13(15)14-9-5-7-11-16(14)17/h4-11,17,19H,12H2,1-3H3. The SMILES string of the molecule is COCC(C)(C)NC1c2ccccc2-c2ccccc21. The normalized spacial score (nSPS) is 14.2. The first kappa shape index (κ1) is 13.3. The fourth-order valence-electron chi connectivity index (χ4n) is 3.10. The lowest BCUT2D eigenvalue weighted by Gasteiger charge is -2.30. The molecular formula is C18H21NO. The van der Waals surface area contributed by atoms with Gasteiger partial charge in [-0.1, -0.05) is 48.5 Å². The van der Waals surface area contributed by atoms with E-state index >= 15 is 0 Å². The van der Waals surface area contributed by atoms with Crippen molar-refractivity contribution in [3.8, 4) is 11.1 Å². The molecule has 0 saturated heterocycles. The van der Waals surface area contributed by atoms with Crippen LogP contribution in [-0.2, 0) is 4.74 Å². The van der Waals surface area contributed by atoms with E-state index in [0.29, 0.717) is 6.61 Å². The molecule has 3 rings (SSSR count). The number of benzene rings is 2. The second-order valence-corrected chi connectivity index (χ2v) is 6.07. The molecule has 0 unspecified atom stereocenters. The van der Waals surface area contributed by atoms with Crippen LogP contribution in [0, 0.1) is 0 Å². The number of rotatable bonds is 4. The van der Waals surface area contributed by atoms with E-state index in [0.717, 1.165) is 0 Å². The molecule has 2 nitrogen and oxygen atoms in total. The summed E-state index contributed by atoms with van der Waals surface area (Å²) in [5.74, 6) is 0. The highest BCUT2D eigenvalue weighted by Gasteiger charge is 2.31. The Morgan fingerprint density at radius 3 is 1.95 bits per heavy atom. The van der Waals surface area contributed by atoms with Crippen LogP contribution in [0.2, 0.25) is 0 Å². The van der Waals surface area contributed by atoms with Gasteiger partial charge in [0, 0.05) is 12.6 Å².